The first-order valence-corrected chi connectivity index (χ1v) is 7.88. The number of nitrogens with one attached hydrogen (secondary N) is 1. The molecular weight excluding hydrogens is 296 g/mol. The van der Waals surface area contributed by atoms with Crippen LogP contribution in [-0.2, 0) is 6.42 Å². The third-order valence-electron chi connectivity index (χ3n) is 2.25. The predicted octanol–water partition coefficient (Wildman–Crippen LogP) is 2.27. The van der Waals surface area contributed by atoms with E-state index in [-0.39, 0.29) is 0 Å². The molecule has 0 aliphatic carbocycles. The molecule has 0 atom stereocenters. The highest BCUT2D eigenvalue weighted by atomic mass is 32.2. The molecule has 0 saturated heterocycles. The SMILES string of the molecule is CCCNc1nc(OC)nc(Sc2nc(CC)ns2)n1. The van der Waals surface area contributed by atoms with Crippen molar-refractivity contribution in [1.29, 1.82) is 0 Å². The van der Waals surface area contributed by atoms with Crippen molar-refractivity contribution in [2.75, 3.05) is 19.0 Å². The molecule has 108 valence electrons. The van der Waals surface area contributed by atoms with E-state index in [4.69, 9.17) is 4.74 Å². The fourth-order valence-electron chi connectivity index (χ4n) is 1.29. The van der Waals surface area contributed by atoms with E-state index in [9.17, 15) is 0 Å². The summed E-state index contributed by atoms with van der Waals surface area (Å²) in [4.78, 5) is 17.1. The van der Waals surface area contributed by atoms with Crippen LogP contribution in [0.3, 0.4) is 0 Å². The van der Waals surface area contributed by atoms with Gasteiger partial charge in [0.15, 0.2) is 4.34 Å². The maximum atomic E-state index is 5.09. The Kier molecular flexibility index (Phi) is 5.48. The third-order valence-corrected chi connectivity index (χ3v) is 3.91. The van der Waals surface area contributed by atoms with Crippen LogP contribution < -0.4 is 10.1 Å². The summed E-state index contributed by atoms with van der Waals surface area (Å²) in [5.41, 5.74) is 0. The second-order valence-corrected chi connectivity index (χ2v) is 5.75. The summed E-state index contributed by atoms with van der Waals surface area (Å²) >= 11 is 2.71. The fraction of sp³-hybridized carbons (Fsp3) is 0.545. The van der Waals surface area contributed by atoms with Gasteiger partial charge in [-0.25, -0.2) is 4.98 Å². The Labute approximate surface area is 125 Å². The van der Waals surface area contributed by atoms with E-state index in [1.807, 2.05) is 6.92 Å². The number of hydrogen-bond donors (Lipinski definition) is 1. The lowest BCUT2D eigenvalue weighted by molar-refractivity contribution is 0.373. The van der Waals surface area contributed by atoms with Crippen molar-refractivity contribution in [2.24, 2.45) is 0 Å². The van der Waals surface area contributed by atoms with Gasteiger partial charge in [0.1, 0.15) is 5.82 Å². The fourth-order valence-corrected chi connectivity index (χ4v) is 2.84. The smallest absolute Gasteiger partial charge is 0.321 e. The van der Waals surface area contributed by atoms with Gasteiger partial charge in [-0.3, -0.25) is 0 Å². The van der Waals surface area contributed by atoms with E-state index in [2.05, 4.69) is 36.5 Å². The molecule has 0 bridgehead atoms. The maximum Gasteiger partial charge on any atom is 0.321 e. The number of rotatable bonds is 7. The average molecular weight is 312 g/mol. The van der Waals surface area contributed by atoms with Crippen molar-refractivity contribution in [2.45, 2.75) is 36.2 Å². The van der Waals surface area contributed by atoms with Gasteiger partial charge >= 0.3 is 6.01 Å². The van der Waals surface area contributed by atoms with Crippen molar-refractivity contribution in [1.82, 2.24) is 24.3 Å². The first-order valence-electron chi connectivity index (χ1n) is 6.29. The minimum absolute atomic E-state index is 0.293. The Balaban J connectivity index is 2.16. The lowest BCUT2D eigenvalue weighted by atomic mass is 10.5. The molecule has 9 heteroatoms. The lowest BCUT2D eigenvalue weighted by Crippen LogP contribution is -2.07. The summed E-state index contributed by atoms with van der Waals surface area (Å²) in [5.74, 6) is 1.35. The number of aromatic nitrogens is 5. The molecule has 2 rings (SSSR count). The quantitative estimate of drug-likeness (QED) is 0.833. The van der Waals surface area contributed by atoms with Gasteiger partial charge in [0, 0.05) is 13.0 Å². The number of ether oxygens (including phenoxy) is 1. The zero-order chi connectivity index (χ0) is 14.4. The Morgan fingerprint density at radius 1 is 1.20 bits per heavy atom. The van der Waals surface area contributed by atoms with Crippen LogP contribution in [0.25, 0.3) is 0 Å². The molecule has 2 heterocycles. The van der Waals surface area contributed by atoms with Crippen LogP contribution in [0.4, 0.5) is 5.95 Å². The molecule has 7 nitrogen and oxygen atoms in total. The van der Waals surface area contributed by atoms with Gasteiger partial charge in [-0.1, -0.05) is 13.8 Å². The molecule has 2 aromatic rings. The Morgan fingerprint density at radius 3 is 2.70 bits per heavy atom. The maximum absolute atomic E-state index is 5.09. The van der Waals surface area contributed by atoms with Crippen molar-refractivity contribution < 1.29 is 4.74 Å². The molecule has 0 aliphatic heterocycles. The average Bonchev–Trinajstić information content (AvgIpc) is 2.92. The summed E-state index contributed by atoms with van der Waals surface area (Å²) in [6.45, 7) is 4.90. The summed E-state index contributed by atoms with van der Waals surface area (Å²) in [6, 6.07) is 0.293. The van der Waals surface area contributed by atoms with Gasteiger partial charge in [0.2, 0.25) is 11.1 Å². The Hall–Kier alpha value is -1.48. The first kappa shape index (κ1) is 14.9. The van der Waals surface area contributed by atoms with Crippen LogP contribution in [-0.4, -0.2) is 38.0 Å². The van der Waals surface area contributed by atoms with E-state index < -0.39 is 0 Å². The molecule has 1 N–H and O–H groups in total. The Morgan fingerprint density at radius 2 is 2.05 bits per heavy atom. The second kappa shape index (κ2) is 7.34. The molecule has 0 aliphatic rings. The van der Waals surface area contributed by atoms with Crippen LogP contribution in [0.2, 0.25) is 0 Å². The van der Waals surface area contributed by atoms with Gasteiger partial charge in [-0.15, -0.1) is 0 Å². The van der Waals surface area contributed by atoms with E-state index in [1.165, 1.54) is 30.4 Å². The zero-order valence-corrected chi connectivity index (χ0v) is 13.2. The monoisotopic (exact) mass is 312 g/mol. The number of aryl methyl sites for hydroxylation is 1. The molecule has 0 unspecified atom stereocenters. The van der Waals surface area contributed by atoms with Crippen molar-refractivity contribution in [3.63, 3.8) is 0 Å². The number of methoxy groups -OCH3 is 1. The molecule has 0 saturated carbocycles. The summed E-state index contributed by atoms with van der Waals surface area (Å²) in [6.07, 6.45) is 1.81. The van der Waals surface area contributed by atoms with Crippen LogP contribution in [0.15, 0.2) is 9.50 Å². The van der Waals surface area contributed by atoms with Crippen LogP contribution in [0.5, 0.6) is 6.01 Å². The van der Waals surface area contributed by atoms with Crippen LogP contribution in [0.1, 0.15) is 26.1 Å². The predicted molar refractivity (Wildman–Crippen MR) is 78.6 cm³/mol. The number of anilines is 1. The van der Waals surface area contributed by atoms with Gasteiger partial charge in [-0.2, -0.15) is 19.3 Å². The largest absolute Gasteiger partial charge is 0.467 e. The van der Waals surface area contributed by atoms with E-state index in [1.54, 1.807) is 0 Å². The normalized spacial score (nSPS) is 10.6. The summed E-state index contributed by atoms with van der Waals surface area (Å²) < 4.78 is 10.1. The van der Waals surface area contributed by atoms with Crippen molar-refractivity contribution in [3.05, 3.63) is 5.82 Å². The minimum atomic E-state index is 0.293. The molecule has 2 aromatic heterocycles. The van der Waals surface area contributed by atoms with Gasteiger partial charge in [0.05, 0.1) is 7.11 Å². The molecule has 0 radical (unpaired) electrons. The number of hydrogen-bond acceptors (Lipinski definition) is 9. The third kappa shape index (κ3) is 4.01. The van der Waals surface area contributed by atoms with E-state index in [0.717, 1.165) is 29.6 Å². The molecule has 0 fully saturated rings. The molecular formula is C11H16N6OS2. The lowest BCUT2D eigenvalue weighted by Gasteiger charge is -2.05. The molecule has 0 aromatic carbocycles. The van der Waals surface area contributed by atoms with Crippen LogP contribution in [0, 0.1) is 0 Å². The van der Waals surface area contributed by atoms with Crippen LogP contribution >= 0.6 is 23.3 Å². The van der Waals surface area contributed by atoms with Crippen molar-refractivity contribution >= 4 is 29.2 Å². The minimum Gasteiger partial charge on any atom is -0.467 e. The van der Waals surface area contributed by atoms with Gasteiger partial charge < -0.3 is 10.1 Å². The van der Waals surface area contributed by atoms with Gasteiger partial charge in [-0.05, 0) is 29.7 Å². The van der Waals surface area contributed by atoms with Crippen molar-refractivity contribution in [3.8, 4) is 6.01 Å². The van der Waals surface area contributed by atoms with E-state index >= 15 is 0 Å². The first-order chi connectivity index (χ1) is 9.75. The Bertz CT molecular complexity index is 562. The van der Waals surface area contributed by atoms with E-state index in [0.29, 0.717) is 17.1 Å². The highest BCUT2D eigenvalue weighted by Gasteiger charge is 2.11. The number of nitrogens with zero attached hydrogens (tertiary/aromatic N) is 5. The summed E-state index contributed by atoms with van der Waals surface area (Å²) in [5, 5.41) is 3.67. The summed E-state index contributed by atoms with van der Waals surface area (Å²) in [7, 11) is 1.54. The highest BCUT2D eigenvalue weighted by molar-refractivity contribution is 8.00. The second-order valence-electron chi connectivity index (χ2n) is 3.79. The zero-order valence-electron chi connectivity index (χ0n) is 11.6. The molecule has 0 amide bonds. The highest BCUT2D eigenvalue weighted by Crippen LogP contribution is 2.27. The van der Waals surface area contributed by atoms with Gasteiger partial charge in [0.25, 0.3) is 0 Å². The molecule has 20 heavy (non-hydrogen) atoms. The molecule has 0 spiro atoms. The topological polar surface area (TPSA) is 85.7 Å². The standard InChI is InChI=1S/C11H16N6OS2/c1-4-6-12-8-14-9(18-3)16-10(15-8)19-11-13-7(5-2)17-20-11/h4-6H2,1-3H3,(H,12,14,15,16).